The van der Waals surface area contributed by atoms with Gasteiger partial charge in [0.2, 0.25) is 0 Å². The summed E-state index contributed by atoms with van der Waals surface area (Å²) in [5.74, 6) is -0.994. The van der Waals surface area contributed by atoms with Gasteiger partial charge in [0, 0.05) is 49.7 Å². The number of unbranched alkanes of at least 4 members (excludes halogenated alkanes) is 1. The molecular weight excluding hydrogens is 534 g/mol. The van der Waals surface area contributed by atoms with E-state index in [-0.39, 0.29) is 24.8 Å². The van der Waals surface area contributed by atoms with Crippen LogP contribution in [0.25, 0.3) is 0 Å². The lowest BCUT2D eigenvalue weighted by molar-refractivity contribution is -0.138. The molecule has 3 heterocycles. The lowest BCUT2D eigenvalue weighted by Crippen LogP contribution is -2.37. The third kappa shape index (κ3) is 9.52. The van der Waals surface area contributed by atoms with E-state index in [0.717, 1.165) is 68.4 Å². The minimum Gasteiger partial charge on any atom is -0.492 e. The maximum atomic E-state index is 13.5. The Labute approximate surface area is 238 Å². The Balaban J connectivity index is 1.32. The summed E-state index contributed by atoms with van der Waals surface area (Å²) in [5, 5.41) is 16.1. The number of hydrogen-bond acceptors (Lipinski definition) is 9. The van der Waals surface area contributed by atoms with E-state index in [1.165, 1.54) is 18.9 Å². The maximum Gasteiger partial charge on any atom is 0.326 e. The molecule has 220 valence electrons. The van der Waals surface area contributed by atoms with Gasteiger partial charge in [-0.2, -0.15) is 4.98 Å². The first-order valence-electron chi connectivity index (χ1n) is 13.8. The van der Waals surface area contributed by atoms with Crippen LogP contribution in [-0.2, 0) is 17.6 Å². The van der Waals surface area contributed by atoms with Crippen molar-refractivity contribution in [2.45, 2.75) is 44.6 Å². The van der Waals surface area contributed by atoms with Crippen LogP contribution in [0.3, 0.4) is 0 Å². The molecule has 0 amide bonds. The number of methoxy groups -OCH3 is 1. The molecule has 0 radical (unpaired) electrons. The summed E-state index contributed by atoms with van der Waals surface area (Å²) in [6.07, 6.45) is 6.53. The number of rotatable bonds is 16. The highest BCUT2D eigenvalue weighted by Crippen LogP contribution is 2.20. The molecule has 0 aliphatic carbocycles. The zero-order valence-electron chi connectivity index (χ0n) is 23.1. The fourth-order valence-corrected chi connectivity index (χ4v) is 4.66. The number of benzene rings is 1. The van der Waals surface area contributed by atoms with E-state index in [4.69, 9.17) is 14.5 Å². The van der Waals surface area contributed by atoms with Gasteiger partial charge in [-0.05, 0) is 62.8 Å². The van der Waals surface area contributed by atoms with Gasteiger partial charge >= 0.3 is 12.0 Å². The molecule has 0 spiro atoms. The summed E-state index contributed by atoms with van der Waals surface area (Å²) < 4.78 is 37.7. The molecule has 41 heavy (non-hydrogen) atoms. The molecule has 1 aromatic carbocycles. The molecular formula is C29H36F2N6O4. The van der Waals surface area contributed by atoms with Crippen LogP contribution < -0.4 is 20.1 Å². The summed E-state index contributed by atoms with van der Waals surface area (Å²) in [5.41, 5.74) is 2.29. The molecule has 4 rings (SSSR count). The second-order valence-electron chi connectivity index (χ2n) is 9.85. The number of aryl methyl sites for hydroxylation is 2. The summed E-state index contributed by atoms with van der Waals surface area (Å²) in [6, 6.07) is 8.10. The lowest BCUT2D eigenvalue weighted by Gasteiger charge is -2.24. The largest absolute Gasteiger partial charge is 0.492 e. The predicted octanol–water partition coefficient (Wildman–Crippen LogP) is 4.18. The minimum atomic E-state index is -1.01. The van der Waals surface area contributed by atoms with Gasteiger partial charge < -0.3 is 25.2 Å². The molecule has 0 unspecified atom stereocenters. The van der Waals surface area contributed by atoms with E-state index in [2.05, 4.69) is 37.6 Å². The van der Waals surface area contributed by atoms with Gasteiger partial charge in [-0.3, -0.25) is 4.90 Å². The number of carboxylic acids is 1. The Morgan fingerprint density at radius 1 is 1.12 bits per heavy atom. The van der Waals surface area contributed by atoms with Gasteiger partial charge in [0.25, 0.3) is 0 Å². The van der Waals surface area contributed by atoms with Crippen molar-refractivity contribution in [1.82, 2.24) is 19.9 Å². The third-order valence-electron chi connectivity index (χ3n) is 6.79. The molecule has 0 fully saturated rings. The van der Waals surface area contributed by atoms with Crippen molar-refractivity contribution >= 4 is 17.6 Å². The first-order valence-corrected chi connectivity index (χ1v) is 13.8. The predicted molar refractivity (Wildman–Crippen MR) is 151 cm³/mol. The molecule has 0 bridgehead atoms. The summed E-state index contributed by atoms with van der Waals surface area (Å²) >= 11 is 0. The first-order chi connectivity index (χ1) is 19.9. The number of ether oxygens (including phenoxy) is 2. The fraction of sp³-hybridized carbons (Fsp3) is 0.448. The van der Waals surface area contributed by atoms with Crippen LogP contribution in [-0.4, -0.2) is 76.9 Å². The van der Waals surface area contributed by atoms with E-state index in [9.17, 15) is 18.7 Å². The number of aliphatic carboxylic acids is 1. The molecule has 0 saturated heterocycles. The number of halogens is 2. The van der Waals surface area contributed by atoms with Crippen LogP contribution >= 0.6 is 0 Å². The zero-order valence-corrected chi connectivity index (χ0v) is 23.1. The SMILES string of the molecule is COc1nccc(N[C@@H](CCN(CCCCc2ccc3c(n2)NCCC3)CCOc2cc(F)cc(F)c2)C(=O)O)n1. The number of nitrogens with zero attached hydrogens (tertiary/aromatic N) is 4. The van der Waals surface area contributed by atoms with E-state index in [0.29, 0.717) is 25.5 Å². The Kier molecular flexibility index (Phi) is 11.0. The number of aromatic nitrogens is 3. The minimum absolute atomic E-state index is 0.109. The normalized spacial score (nSPS) is 13.3. The van der Waals surface area contributed by atoms with Crippen molar-refractivity contribution in [2.24, 2.45) is 0 Å². The second-order valence-corrected chi connectivity index (χ2v) is 9.85. The third-order valence-corrected chi connectivity index (χ3v) is 6.79. The molecule has 2 aromatic heterocycles. The summed E-state index contributed by atoms with van der Waals surface area (Å²) in [4.78, 5) is 26.9. The molecule has 10 nitrogen and oxygen atoms in total. The number of carbonyl (C=O) groups is 1. The smallest absolute Gasteiger partial charge is 0.326 e. The molecule has 1 aliphatic heterocycles. The highest BCUT2D eigenvalue weighted by molar-refractivity contribution is 5.76. The van der Waals surface area contributed by atoms with Crippen molar-refractivity contribution in [3.63, 3.8) is 0 Å². The van der Waals surface area contributed by atoms with E-state index in [1.54, 1.807) is 6.07 Å². The topological polar surface area (TPSA) is 122 Å². The Hall–Kier alpha value is -4.06. The van der Waals surface area contributed by atoms with Gasteiger partial charge in [0.05, 0.1) is 7.11 Å². The van der Waals surface area contributed by atoms with Gasteiger partial charge in [-0.25, -0.2) is 23.5 Å². The van der Waals surface area contributed by atoms with Crippen molar-refractivity contribution in [1.29, 1.82) is 0 Å². The van der Waals surface area contributed by atoms with Crippen molar-refractivity contribution < 1.29 is 28.2 Å². The number of nitrogens with one attached hydrogen (secondary N) is 2. The van der Waals surface area contributed by atoms with Crippen LogP contribution in [0.2, 0.25) is 0 Å². The maximum absolute atomic E-state index is 13.5. The van der Waals surface area contributed by atoms with E-state index < -0.39 is 23.6 Å². The second kappa shape index (κ2) is 15.1. The molecule has 3 N–H and O–H groups in total. The first kappa shape index (κ1) is 29.9. The Morgan fingerprint density at radius 2 is 1.95 bits per heavy atom. The number of carboxylic acid groups (broad SMARTS) is 1. The van der Waals surface area contributed by atoms with Crippen LogP contribution in [0.15, 0.2) is 42.6 Å². The van der Waals surface area contributed by atoms with Gasteiger partial charge in [0.1, 0.15) is 41.7 Å². The van der Waals surface area contributed by atoms with Crippen LogP contribution in [0, 0.1) is 11.6 Å². The fourth-order valence-electron chi connectivity index (χ4n) is 4.66. The van der Waals surface area contributed by atoms with Gasteiger partial charge in [-0.15, -0.1) is 0 Å². The van der Waals surface area contributed by atoms with Crippen molar-refractivity contribution in [2.75, 3.05) is 50.5 Å². The monoisotopic (exact) mass is 570 g/mol. The average molecular weight is 571 g/mol. The van der Waals surface area contributed by atoms with Crippen molar-refractivity contribution in [3.8, 4) is 11.8 Å². The molecule has 3 aromatic rings. The van der Waals surface area contributed by atoms with Crippen molar-refractivity contribution in [3.05, 3.63) is 65.5 Å². The number of hydrogen-bond donors (Lipinski definition) is 3. The zero-order chi connectivity index (χ0) is 29.0. The number of anilines is 2. The Morgan fingerprint density at radius 3 is 2.73 bits per heavy atom. The van der Waals surface area contributed by atoms with E-state index >= 15 is 0 Å². The molecule has 0 saturated carbocycles. The summed E-state index contributed by atoms with van der Waals surface area (Å²) in [7, 11) is 1.44. The van der Waals surface area contributed by atoms with Crippen LogP contribution in [0.5, 0.6) is 11.8 Å². The Bertz CT molecular complexity index is 1280. The average Bonchev–Trinajstić information content (AvgIpc) is 2.96. The van der Waals surface area contributed by atoms with Crippen LogP contribution in [0.4, 0.5) is 20.4 Å². The molecule has 1 aliphatic rings. The van der Waals surface area contributed by atoms with Crippen LogP contribution in [0.1, 0.15) is 36.9 Å². The van der Waals surface area contributed by atoms with Gasteiger partial charge in [0.15, 0.2) is 0 Å². The molecule has 12 heteroatoms. The standard InChI is InChI=1S/C29H36F2N6O4/c1-40-29-33-12-9-26(36-29)35-25(28(38)39)10-14-37(15-16-41-24-18-21(30)17-22(31)19-24)13-3-2-6-23-8-7-20-5-4-11-32-27(20)34-23/h7-9,12,17-19,25H,2-6,10-11,13-16H2,1H3,(H,32,34)(H,38,39)(H,33,35,36)/t25-/m0/s1. The molecule has 1 atom stereocenters. The lowest BCUT2D eigenvalue weighted by atomic mass is 10.1. The van der Waals surface area contributed by atoms with Gasteiger partial charge in [-0.1, -0.05) is 6.07 Å². The quantitative estimate of drug-likeness (QED) is 0.216. The summed E-state index contributed by atoms with van der Waals surface area (Å²) in [6.45, 7) is 2.73. The van der Waals surface area contributed by atoms with E-state index in [1.807, 2.05) is 0 Å². The number of fused-ring (bicyclic) bond motifs is 1. The number of pyridine rings is 1. The highest BCUT2D eigenvalue weighted by Gasteiger charge is 2.20. The highest BCUT2D eigenvalue weighted by atomic mass is 19.1.